The van der Waals surface area contributed by atoms with Gasteiger partial charge < -0.3 is 10.1 Å². The maximum Gasteiger partial charge on any atom is 0.134 e. The lowest BCUT2D eigenvalue weighted by molar-refractivity contribution is 0.0699. The van der Waals surface area contributed by atoms with Gasteiger partial charge in [0.1, 0.15) is 17.3 Å². The number of nitrogens with zero attached hydrogens (tertiary/aromatic N) is 2. The molecule has 15 heavy (non-hydrogen) atoms. The first-order valence-corrected chi connectivity index (χ1v) is 5.51. The molecule has 0 saturated carbocycles. The van der Waals surface area contributed by atoms with Gasteiger partial charge in [0.25, 0.3) is 0 Å². The lowest BCUT2D eigenvalue weighted by Crippen LogP contribution is -2.22. The van der Waals surface area contributed by atoms with E-state index in [1.165, 1.54) is 6.33 Å². The Balaban J connectivity index is 1.81. The van der Waals surface area contributed by atoms with Gasteiger partial charge in [0.15, 0.2) is 0 Å². The van der Waals surface area contributed by atoms with Crippen LogP contribution >= 0.6 is 11.6 Å². The Morgan fingerprint density at radius 2 is 2.20 bits per heavy atom. The summed E-state index contributed by atoms with van der Waals surface area (Å²) in [7, 11) is 0. The molecule has 2 rings (SSSR count). The van der Waals surface area contributed by atoms with Crippen molar-refractivity contribution in [2.75, 3.05) is 25.1 Å². The van der Waals surface area contributed by atoms with Crippen molar-refractivity contribution in [2.45, 2.75) is 12.8 Å². The average Bonchev–Trinajstić information content (AvgIpc) is 2.28. The molecule has 0 radical (unpaired) electrons. The monoisotopic (exact) mass is 227 g/mol. The average molecular weight is 228 g/mol. The molecule has 1 aromatic heterocycles. The van der Waals surface area contributed by atoms with E-state index in [2.05, 4.69) is 15.3 Å². The van der Waals surface area contributed by atoms with Crippen LogP contribution in [0, 0.1) is 5.92 Å². The van der Waals surface area contributed by atoms with E-state index in [4.69, 9.17) is 16.3 Å². The third-order valence-corrected chi connectivity index (χ3v) is 2.75. The quantitative estimate of drug-likeness (QED) is 0.803. The van der Waals surface area contributed by atoms with Crippen LogP contribution in [0.3, 0.4) is 0 Å². The first kappa shape index (κ1) is 10.6. The Kier molecular flexibility index (Phi) is 3.75. The number of hydrogen-bond donors (Lipinski definition) is 1. The van der Waals surface area contributed by atoms with Gasteiger partial charge in [-0.25, -0.2) is 9.97 Å². The summed E-state index contributed by atoms with van der Waals surface area (Å²) >= 11 is 5.76. The smallest absolute Gasteiger partial charge is 0.134 e. The van der Waals surface area contributed by atoms with Gasteiger partial charge in [0.2, 0.25) is 0 Å². The summed E-state index contributed by atoms with van der Waals surface area (Å²) in [5.74, 6) is 1.47. The van der Waals surface area contributed by atoms with Gasteiger partial charge in [0, 0.05) is 25.8 Å². The molecular weight excluding hydrogens is 214 g/mol. The second kappa shape index (κ2) is 5.28. The van der Waals surface area contributed by atoms with Crippen LogP contribution in [0.25, 0.3) is 0 Å². The fourth-order valence-corrected chi connectivity index (χ4v) is 1.78. The molecule has 0 atom stereocenters. The molecule has 82 valence electrons. The summed E-state index contributed by atoms with van der Waals surface area (Å²) in [6, 6.07) is 1.74. The minimum Gasteiger partial charge on any atom is -0.381 e. The van der Waals surface area contributed by atoms with E-state index in [9.17, 15) is 0 Å². The Bertz CT molecular complexity index is 315. The molecule has 0 bridgehead atoms. The summed E-state index contributed by atoms with van der Waals surface area (Å²) in [4.78, 5) is 7.91. The molecule has 5 heteroatoms. The van der Waals surface area contributed by atoms with Crippen LogP contribution < -0.4 is 5.32 Å². The zero-order valence-electron chi connectivity index (χ0n) is 8.45. The van der Waals surface area contributed by atoms with Crippen molar-refractivity contribution in [1.82, 2.24) is 9.97 Å². The van der Waals surface area contributed by atoms with Crippen LogP contribution in [0.2, 0.25) is 5.15 Å². The third-order valence-electron chi connectivity index (χ3n) is 2.55. The summed E-state index contributed by atoms with van der Waals surface area (Å²) in [5, 5.41) is 3.74. The number of halogens is 1. The van der Waals surface area contributed by atoms with Gasteiger partial charge in [-0.2, -0.15) is 0 Å². The molecule has 1 saturated heterocycles. The van der Waals surface area contributed by atoms with Crippen molar-refractivity contribution in [1.29, 1.82) is 0 Å². The minimum atomic E-state index is 0.472. The minimum absolute atomic E-state index is 0.472. The molecule has 1 aliphatic heterocycles. The van der Waals surface area contributed by atoms with Crippen LogP contribution in [-0.2, 0) is 4.74 Å². The van der Waals surface area contributed by atoms with Crippen LogP contribution in [0.4, 0.5) is 5.82 Å². The topological polar surface area (TPSA) is 47.0 Å². The molecule has 1 N–H and O–H groups in total. The summed E-state index contributed by atoms with van der Waals surface area (Å²) in [6.07, 6.45) is 3.70. The lowest BCUT2D eigenvalue weighted by Gasteiger charge is -2.22. The molecule has 2 heterocycles. The maximum absolute atomic E-state index is 5.76. The number of ether oxygens (including phenoxy) is 1. The van der Waals surface area contributed by atoms with E-state index in [1.54, 1.807) is 6.07 Å². The number of hydrogen-bond acceptors (Lipinski definition) is 4. The standard InChI is InChI=1S/C10H14ClN3O/c11-9-5-10(14-7-13-9)12-6-8-1-3-15-4-2-8/h5,7-8H,1-4,6H2,(H,12,13,14). The number of aromatic nitrogens is 2. The van der Waals surface area contributed by atoms with Crippen LogP contribution in [0.1, 0.15) is 12.8 Å². The molecule has 0 aromatic carbocycles. The van der Waals surface area contributed by atoms with Gasteiger partial charge in [-0.05, 0) is 18.8 Å². The molecule has 4 nitrogen and oxygen atoms in total. The van der Waals surface area contributed by atoms with Gasteiger partial charge in [0.05, 0.1) is 0 Å². The predicted octanol–water partition coefficient (Wildman–Crippen LogP) is 1.97. The molecule has 1 fully saturated rings. The molecule has 0 aliphatic carbocycles. The first-order chi connectivity index (χ1) is 7.34. The van der Waals surface area contributed by atoms with Crippen molar-refractivity contribution < 1.29 is 4.74 Å². The van der Waals surface area contributed by atoms with Crippen molar-refractivity contribution in [3.8, 4) is 0 Å². The molecular formula is C10H14ClN3O. The second-order valence-corrected chi connectivity index (χ2v) is 4.05. The Labute approximate surface area is 94.0 Å². The van der Waals surface area contributed by atoms with Gasteiger partial charge >= 0.3 is 0 Å². The highest BCUT2D eigenvalue weighted by Crippen LogP contribution is 2.16. The predicted molar refractivity (Wildman–Crippen MR) is 59.1 cm³/mol. The van der Waals surface area contributed by atoms with Crippen molar-refractivity contribution in [3.63, 3.8) is 0 Å². The highest BCUT2D eigenvalue weighted by atomic mass is 35.5. The summed E-state index contributed by atoms with van der Waals surface area (Å²) in [6.45, 7) is 2.67. The fourth-order valence-electron chi connectivity index (χ4n) is 1.63. The zero-order chi connectivity index (χ0) is 10.5. The lowest BCUT2D eigenvalue weighted by atomic mass is 10.0. The molecule has 0 amide bonds. The molecule has 0 spiro atoms. The largest absolute Gasteiger partial charge is 0.381 e. The van der Waals surface area contributed by atoms with Crippen molar-refractivity contribution in [3.05, 3.63) is 17.5 Å². The summed E-state index contributed by atoms with van der Waals surface area (Å²) < 4.78 is 5.30. The van der Waals surface area contributed by atoms with E-state index in [0.29, 0.717) is 11.1 Å². The Morgan fingerprint density at radius 3 is 2.93 bits per heavy atom. The fraction of sp³-hybridized carbons (Fsp3) is 0.600. The van der Waals surface area contributed by atoms with E-state index in [0.717, 1.165) is 38.4 Å². The van der Waals surface area contributed by atoms with Crippen molar-refractivity contribution in [2.24, 2.45) is 5.92 Å². The van der Waals surface area contributed by atoms with E-state index < -0.39 is 0 Å². The van der Waals surface area contributed by atoms with Gasteiger partial charge in [-0.15, -0.1) is 0 Å². The van der Waals surface area contributed by atoms with Crippen molar-refractivity contribution >= 4 is 17.4 Å². The van der Waals surface area contributed by atoms with E-state index >= 15 is 0 Å². The number of anilines is 1. The van der Waals surface area contributed by atoms with Crippen LogP contribution in [-0.4, -0.2) is 29.7 Å². The van der Waals surface area contributed by atoms with E-state index in [-0.39, 0.29) is 0 Å². The number of rotatable bonds is 3. The molecule has 1 aliphatic rings. The number of nitrogens with one attached hydrogen (secondary N) is 1. The zero-order valence-corrected chi connectivity index (χ0v) is 9.20. The highest BCUT2D eigenvalue weighted by molar-refractivity contribution is 6.29. The SMILES string of the molecule is Clc1cc(NCC2CCOCC2)ncn1. The van der Waals surface area contributed by atoms with Crippen LogP contribution in [0.5, 0.6) is 0 Å². The molecule has 1 aromatic rings. The highest BCUT2D eigenvalue weighted by Gasteiger charge is 2.13. The maximum atomic E-state index is 5.76. The Morgan fingerprint density at radius 1 is 1.40 bits per heavy atom. The Hall–Kier alpha value is -0.870. The van der Waals surface area contributed by atoms with E-state index in [1.807, 2.05) is 0 Å². The van der Waals surface area contributed by atoms with Gasteiger partial charge in [-0.3, -0.25) is 0 Å². The first-order valence-electron chi connectivity index (χ1n) is 5.14. The second-order valence-electron chi connectivity index (χ2n) is 3.66. The molecule has 0 unspecified atom stereocenters. The summed E-state index contributed by atoms with van der Waals surface area (Å²) in [5.41, 5.74) is 0. The normalized spacial score (nSPS) is 17.7. The van der Waals surface area contributed by atoms with Gasteiger partial charge in [-0.1, -0.05) is 11.6 Å². The third kappa shape index (κ3) is 3.32. The van der Waals surface area contributed by atoms with Crippen LogP contribution in [0.15, 0.2) is 12.4 Å².